The molecule has 1 fully saturated rings. The van der Waals surface area contributed by atoms with Gasteiger partial charge in [-0.25, -0.2) is 4.39 Å². The SMILES string of the molecule is CC1(CNC(=O)c2ccc(COc3ccc(F)cc3)o2)CCNCC1. The number of hydrogen-bond acceptors (Lipinski definition) is 4. The fourth-order valence-corrected chi connectivity index (χ4v) is 2.85. The van der Waals surface area contributed by atoms with Crippen molar-refractivity contribution in [3.8, 4) is 5.75 Å². The van der Waals surface area contributed by atoms with Crippen LogP contribution in [0.5, 0.6) is 5.75 Å². The summed E-state index contributed by atoms with van der Waals surface area (Å²) in [5, 5.41) is 6.29. The number of piperidine rings is 1. The van der Waals surface area contributed by atoms with Crippen LogP contribution in [0.15, 0.2) is 40.8 Å². The lowest BCUT2D eigenvalue weighted by atomic mass is 9.81. The molecule has 25 heavy (non-hydrogen) atoms. The van der Waals surface area contributed by atoms with Gasteiger partial charge in [-0.2, -0.15) is 0 Å². The number of carbonyl (C=O) groups is 1. The molecule has 0 spiro atoms. The van der Waals surface area contributed by atoms with Crippen LogP contribution in [0, 0.1) is 11.2 Å². The van der Waals surface area contributed by atoms with Crippen molar-refractivity contribution in [2.45, 2.75) is 26.4 Å². The van der Waals surface area contributed by atoms with Crippen molar-refractivity contribution in [1.29, 1.82) is 0 Å². The van der Waals surface area contributed by atoms with E-state index < -0.39 is 0 Å². The van der Waals surface area contributed by atoms with E-state index in [1.54, 1.807) is 24.3 Å². The summed E-state index contributed by atoms with van der Waals surface area (Å²) in [5.74, 6) is 0.833. The van der Waals surface area contributed by atoms with Gasteiger partial charge >= 0.3 is 0 Å². The summed E-state index contributed by atoms with van der Waals surface area (Å²) >= 11 is 0. The molecule has 6 heteroatoms. The van der Waals surface area contributed by atoms with Crippen LogP contribution < -0.4 is 15.4 Å². The Morgan fingerprint density at radius 1 is 1.24 bits per heavy atom. The van der Waals surface area contributed by atoms with E-state index in [2.05, 4.69) is 17.6 Å². The van der Waals surface area contributed by atoms with Gasteiger partial charge in [-0.3, -0.25) is 4.79 Å². The second-order valence-corrected chi connectivity index (χ2v) is 6.75. The Balaban J connectivity index is 1.50. The summed E-state index contributed by atoms with van der Waals surface area (Å²) in [7, 11) is 0. The van der Waals surface area contributed by atoms with E-state index in [1.165, 1.54) is 12.1 Å². The molecule has 134 valence electrons. The third-order valence-electron chi connectivity index (χ3n) is 4.57. The molecule has 1 aliphatic heterocycles. The van der Waals surface area contributed by atoms with Gasteiger partial charge in [-0.05, 0) is 67.7 Å². The molecule has 3 rings (SSSR count). The van der Waals surface area contributed by atoms with Crippen LogP contribution in [0.1, 0.15) is 36.1 Å². The van der Waals surface area contributed by atoms with Gasteiger partial charge in [0.25, 0.3) is 5.91 Å². The lowest BCUT2D eigenvalue weighted by Crippen LogP contribution is -2.42. The Kier molecular flexibility index (Phi) is 5.38. The maximum Gasteiger partial charge on any atom is 0.287 e. The predicted octanol–water partition coefficient (Wildman–Crippen LogP) is 3.12. The van der Waals surface area contributed by atoms with E-state index in [1.807, 2.05) is 0 Å². The Morgan fingerprint density at radius 2 is 1.96 bits per heavy atom. The van der Waals surface area contributed by atoms with Crippen molar-refractivity contribution in [3.63, 3.8) is 0 Å². The fourth-order valence-electron chi connectivity index (χ4n) is 2.85. The zero-order valence-electron chi connectivity index (χ0n) is 14.3. The molecule has 0 radical (unpaired) electrons. The van der Waals surface area contributed by atoms with E-state index in [0.29, 0.717) is 18.1 Å². The van der Waals surface area contributed by atoms with E-state index in [-0.39, 0.29) is 29.5 Å². The highest BCUT2D eigenvalue weighted by molar-refractivity contribution is 5.91. The van der Waals surface area contributed by atoms with Gasteiger partial charge in [0, 0.05) is 6.54 Å². The number of amides is 1. The first-order chi connectivity index (χ1) is 12.0. The highest BCUT2D eigenvalue weighted by Crippen LogP contribution is 2.26. The standard InChI is InChI=1S/C19H23FN2O3/c1-19(8-10-21-11-9-19)13-22-18(23)17-7-6-16(25-17)12-24-15-4-2-14(20)3-5-15/h2-7,21H,8-13H2,1H3,(H,22,23). The lowest BCUT2D eigenvalue weighted by Gasteiger charge is -2.33. The van der Waals surface area contributed by atoms with Gasteiger partial charge in [-0.15, -0.1) is 0 Å². The third kappa shape index (κ3) is 4.82. The number of halogens is 1. The molecule has 1 aromatic carbocycles. The summed E-state index contributed by atoms with van der Waals surface area (Å²) in [6, 6.07) is 9.11. The predicted molar refractivity (Wildman–Crippen MR) is 92.0 cm³/mol. The highest BCUT2D eigenvalue weighted by Gasteiger charge is 2.27. The van der Waals surface area contributed by atoms with E-state index in [0.717, 1.165) is 25.9 Å². The topological polar surface area (TPSA) is 63.5 Å². The average molecular weight is 346 g/mol. The van der Waals surface area contributed by atoms with E-state index in [4.69, 9.17) is 9.15 Å². The van der Waals surface area contributed by atoms with Crippen molar-refractivity contribution in [2.75, 3.05) is 19.6 Å². The number of nitrogens with one attached hydrogen (secondary N) is 2. The minimum atomic E-state index is -0.313. The molecule has 0 aliphatic carbocycles. The second-order valence-electron chi connectivity index (χ2n) is 6.75. The molecule has 5 nitrogen and oxygen atoms in total. The van der Waals surface area contributed by atoms with Gasteiger partial charge in [-0.1, -0.05) is 6.92 Å². The van der Waals surface area contributed by atoms with Gasteiger partial charge in [0.05, 0.1) is 0 Å². The number of hydrogen-bond donors (Lipinski definition) is 2. The minimum Gasteiger partial charge on any atom is -0.486 e. The van der Waals surface area contributed by atoms with Crippen LogP contribution in [0.25, 0.3) is 0 Å². The largest absolute Gasteiger partial charge is 0.486 e. The minimum absolute atomic E-state index is 0.127. The molecule has 1 amide bonds. The molecule has 0 bridgehead atoms. The monoisotopic (exact) mass is 346 g/mol. The van der Waals surface area contributed by atoms with Crippen molar-refractivity contribution >= 4 is 5.91 Å². The highest BCUT2D eigenvalue weighted by atomic mass is 19.1. The quantitative estimate of drug-likeness (QED) is 0.844. The molecule has 1 saturated heterocycles. The van der Waals surface area contributed by atoms with Crippen molar-refractivity contribution < 1.29 is 18.3 Å². The van der Waals surface area contributed by atoms with Crippen LogP contribution in [0.4, 0.5) is 4.39 Å². The second kappa shape index (κ2) is 7.70. The molecule has 2 N–H and O–H groups in total. The maximum atomic E-state index is 12.9. The van der Waals surface area contributed by atoms with Crippen LogP contribution in [-0.2, 0) is 6.61 Å². The zero-order chi connectivity index (χ0) is 17.7. The summed E-state index contributed by atoms with van der Waals surface area (Å²) < 4.78 is 23.9. The number of benzene rings is 1. The number of rotatable bonds is 6. The Hall–Kier alpha value is -2.34. The van der Waals surface area contributed by atoms with Gasteiger partial charge in [0.1, 0.15) is 23.9 Å². The smallest absolute Gasteiger partial charge is 0.287 e. The first kappa shape index (κ1) is 17.5. The van der Waals surface area contributed by atoms with Crippen molar-refractivity contribution in [2.24, 2.45) is 5.41 Å². The van der Waals surface area contributed by atoms with Gasteiger partial charge < -0.3 is 19.8 Å². The van der Waals surface area contributed by atoms with Crippen molar-refractivity contribution in [3.05, 3.63) is 53.7 Å². The van der Waals surface area contributed by atoms with Crippen LogP contribution in [0.2, 0.25) is 0 Å². The molecule has 0 atom stereocenters. The molecule has 2 aromatic rings. The van der Waals surface area contributed by atoms with Gasteiger partial charge in [0.2, 0.25) is 0 Å². The first-order valence-electron chi connectivity index (χ1n) is 8.50. The lowest BCUT2D eigenvalue weighted by molar-refractivity contribution is 0.0890. The van der Waals surface area contributed by atoms with Crippen LogP contribution in [-0.4, -0.2) is 25.5 Å². The summed E-state index contributed by atoms with van der Waals surface area (Å²) in [5.41, 5.74) is 0.127. The number of carbonyl (C=O) groups excluding carboxylic acids is 1. The van der Waals surface area contributed by atoms with E-state index in [9.17, 15) is 9.18 Å². The first-order valence-corrected chi connectivity index (χ1v) is 8.50. The fraction of sp³-hybridized carbons (Fsp3) is 0.421. The molecular formula is C19H23FN2O3. The third-order valence-corrected chi connectivity index (χ3v) is 4.57. The molecule has 1 aliphatic rings. The zero-order valence-corrected chi connectivity index (χ0v) is 14.3. The van der Waals surface area contributed by atoms with Gasteiger partial charge in [0.15, 0.2) is 5.76 Å². The molecule has 0 unspecified atom stereocenters. The molecular weight excluding hydrogens is 323 g/mol. The summed E-state index contributed by atoms with van der Waals surface area (Å²) in [6.07, 6.45) is 2.09. The Morgan fingerprint density at radius 3 is 2.68 bits per heavy atom. The molecule has 2 heterocycles. The maximum absolute atomic E-state index is 12.9. The van der Waals surface area contributed by atoms with Crippen LogP contribution in [0.3, 0.4) is 0 Å². The number of furan rings is 1. The van der Waals surface area contributed by atoms with Crippen LogP contribution >= 0.6 is 0 Å². The summed E-state index contributed by atoms with van der Waals surface area (Å²) in [6.45, 7) is 4.98. The molecule has 0 saturated carbocycles. The average Bonchev–Trinajstić information content (AvgIpc) is 3.09. The Bertz CT molecular complexity index is 706. The summed E-state index contributed by atoms with van der Waals surface area (Å²) in [4.78, 5) is 12.3. The van der Waals surface area contributed by atoms with Crippen molar-refractivity contribution in [1.82, 2.24) is 10.6 Å². The molecule has 1 aromatic heterocycles. The Labute approximate surface area is 146 Å². The van der Waals surface area contributed by atoms with E-state index >= 15 is 0 Å². The number of ether oxygens (including phenoxy) is 1. The normalized spacial score (nSPS) is 16.4.